The van der Waals surface area contributed by atoms with Crippen LogP contribution in [0.3, 0.4) is 0 Å². The summed E-state index contributed by atoms with van der Waals surface area (Å²) in [5.74, 6) is 1.77. The average molecular weight is 316 g/mol. The fourth-order valence-electron chi connectivity index (χ4n) is 3.25. The van der Waals surface area contributed by atoms with Crippen molar-refractivity contribution in [1.82, 2.24) is 9.88 Å². The number of rotatable bonds is 6. The number of aryl methyl sites for hydroxylation is 1. The average Bonchev–Trinajstić information content (AvgIpc) is 3.06. The Bertz CT molecular complexity index is 570. The highest BCUT2D eigenvalue weighted by molar-refractivity contribution is 7.09. The highest BCUT2D eigenvalue weighted by atomic mass is 32.1. The second kappa shape index (κ2) is 7.75. The first-order valence-electron chi connectivity index (χ1n) is 8.07. The van der Waals surface area contributed by atoms with Crippen LogP contribution in [0.4, 0.5) is 0 Å². The molecule has 1 unspecified atom stereocenters. The highest BCUT2D eigenvalue weighted by Gasteiger charge is 2.20. The first-order chi connectivity index (χ1) is 10.8. The summed E-state index contributed by atoms with van der Waals surface area (Å²) in [5, 5.41) is 3.31. The molecule has 1 atom stereocenters. The summed E-state index contributed by atoms with van der Waals surface area (Å²) in [6, 6.07) is 8.47. The van der Waals surface area contributed by atoms with E-state index in [0.29, 0.717) is 0 Å². The maximum atomic E-state index is 5.31. The van der Waals surface area contributed by atoms with Crippen molar-refractivity contribution in [3.63, 3.8) is 0 Å². The van der Waals surface area contributed by atoms with Gasteiger partial charge in [-0.05, 0) is 55.8 Å². The first-order valence-corrected chi connectivity index (χ1v) is 8.95. The van der Waals surface area contributed by atoms with Gasteiger partial charge in [0.25, 0.3) is 0 Å². The zero-order valence-electron chi connectivity index (χ0n) is 13.2. The molecule has 1 aliphatic heterocycles. The van der Waals surface area contributed by atoms with Gasteiger partial charge in [0.05, 0.1) is 13.7 Å². The Morgan fingerprint density at radius 2 is 2.36 bits per heavy atom. The lowest BCUT2D eigenvalue weighted by Gasteiger charge is -2.32. The summed E-state index contributed by atoms with van der Waals surface area (Å²) in [5.41, 5.74) is 1.39. The minimum Gasteiger partial charge on any atom is -0.497 e. The molecule has 2 heterocycles. The Labute approximate surface area is 137 Å². The van der Waals surface area contributed by atoms with E-state index in [9.17, 15) is 0 Å². The zero-order valence-corrected chi connectivity index (χ0v) is 14.0. The third kappa shape index (κ3) is 4.31. The predicted octanol–water partition coefficient (Wildman–Crippen LogP) is 4.00. The summed E-state index contributed by atoms with van der Waals surface area (Å²) in [6.07, 6.45) is 6.99. The molecule has 22 heavy (non-hydrogen) atoms. The molecule has 0 spiro atoms. The SMILES string of the molecule is COc1cccc(CCC2CCCN(Cc3nccs3)C2)c1. The molecule has 1 fully saturated rings. The molecule has 1 saturated heterocycles. The third-order valence-electron chi connectivity index (χ3n) is 4.42. The normalized spacial score (nSPS) is 19.2. The van der Waals surface area contributed by atoms with Crippen LogP contribution in [0.15, 0.2) is 35.8 Å². The molecule has 0 aliphatic carbocycles. The van der Waals surface area contributed by atoms with Crippen LogP contribution >= 0.6 is 11.3 Å². The minimum atomic E-state index is 0.805. The molecule has 3 rings (SSSR count). The van der Waals surface area contributed by atoms with Crippen LogP contribution in [0.1, 0.15) is 29.8 Å². The van der Waals surface area contributed by atoms with Gasteiger partial charge in [-0.25, -0.2) is 4.98 Å². The number of nitrogens with zero attached hydrogens (tertiary/aromatic N) is 2. The number of likely N-dealkylation sites (tertiary alicyclic amines) is 1. The van der Waals surface area contributed by atoms with Gasteiger partial charge in [-0.15, -0.1) is 11.3 Å². The first kappa shape index (κ1) is 15.5. The molecular weight excluding hydrogens is 292 g/mol. The smallest absolute Gasteiger partial charge is 0.119 e. The van der Waals surface area contributed by atoms with Crippen LogP contribution in [0.2, 0.25) is 0 Å². The van der Waals surface area contributed by atoms with E-state index < -0.39 is 0 Å². The van der Waals surface area contributed by atoms with Gasteiger partial charge in [-0.3, -0.25) is 4.90 Å². The van der Waals surface area contributed by atoms with E-state index in [0.717, 1.165) is 24.6 Å². The van der Waals surface area contributed by atoms with E-state index in [2.05, 4.69) is 33.5 Å². The van der Waals surface area contributed by atoms with E-state index in [1.165, 1.54) is 42.9 Å². The number of piperidine rings is 1. The Morgan fingerprint density at radius 1 is 1.41 bits per heavy atom. The van der Waals surface area contributed by atoms with Crippen molar-refractivity contribution >= 4 is 11.3 Å². The van der Waals surface area contributed by atoms with Crippen LogP contribution in [-0.4, -0.2) is 30.1 Å². The molecule has 1 aliphatic rings. The van der Waals surface area contributed by atoms with Crippen LogP contribution < -0.4 is 4.74 Å². The number of methoxy groups -OCH3 is 1. The molecule has 118 valence electrons. The van der Waals surface area contributed by atoms with Gasteiger partial charge in [0, 0.05) is 18.1 Å². The number of benzene rings is 1. The summed E-state index contributed by atoms with van der Waals surface area (Å²) >= 11 is 1.77. The number of aromatic nitrogens is 1. The van der Waals surface area contributed by atoms with E-state index in [-0.39, 0.29) is 0 Å². The monoisotopic (exact) mass is 316 g/mol. The van der Waals surface area contributed by atoms with Gasteiger partial charge in [-0.2, -0.15) is 0 Å². The molecule has 4 heteroatoms. The Morgan fingerprint density at radius 3 is 3.18 bits per heavy atom. The third-order valence-corrected chi connectivity index (χ3v) is 5.19. The molecule has 3 nitrogen and oxygen atoms in total. The number of thiazole rings is 1. The summed E-state index contributed by atoms with van der Waals surface area (Å²) in [7, 11) is 1.73. The molecule has 0 N–H and O–H groups in total. The van der Waals surface area contributed by atoms with Crippen molar-refractivity contribution in [2.75, 3.05) is 20.2 Å². The van der Waals surface area contributed by atoms with E-state index in [4.69, 9.17) is 4.74 Å². The molecule has 0 bridgehead atoms. The fourth-order valence-corrected chi connectivity index (χ4v) is 3.91. The van der Waals surface area contributed by atoms with Crippen LogP contribution in [0, 0.1) is 5.92 Å². The molecule has 0 saturated carbocycles. The molecule has 1 aromatic heterocycles. The van der Waals surface area contributed by atoms with Gasteiger partial charge in [0.1, 0.15) is 10.8 Å². The Balaban J connectivity index is 1.49. The second-order valence-electron chi connectivity index (χ2n) is 6.06. The fraction of sp³-hybridized carbons (Fsp3) is 0.500. The van der Waals surface area contributed by atoms with Crippen molar-refractivity contribution in [2.45, 2.75) is 32.2 Å². The number of hydrogen-bond donors (Lipinski definition) is 0. The van der Waals surface area contributed by atoms with Gasteiger partial charge in [-0.1, -0.05) is 12.1 Å². The predicted molar refractivity (Wildman–Crippen MR) is 91.4 cm³/mol. The quantitative estimate of drug-likeness (QED) is 0.805. The molecule has 2 aromatic rings. The maximum absolute atomic E-state index is 5.31. The van der Waals surface area contributed by atoms with Crippen molar-refractivity contribution in [2.24, 2.45) is 5.92 Å². The lowest BCUT2D eigenvalue weighted by molar-refractivity contribution is 0.161. The van der Waals surface area contributed by atoms with Crippen molar-refractivity contribution < 1.29 is 4.74 Å². The molecule has 1 aromatic carbocycles. The summed E-state index contributed by atoms with van der Waals surface area (Å²) in [4.78, 5) is 6.98. The van der Waals surface area contributed by atoms with E-state index >= 15 is 0 Å². The second-order valence-corrected chi connectivity index (χ2v) is 7.04. The standard InChI is InChI=1S/C18H24N2OS/c1-21-17-6-2-4-15(12-17)7-8-16-5-3-10-20(13-16)14-18-19-9-11-22-18/h2,4,6,9,11-12,16H,3,5,7-8,10,13-14H2,1H3. The van der Waals surface area contributed by atoms with Crippen molar-refractivity contribution in [1.29, 1.82) is 0 Å². The Kier molecular flexibility index (Phi) is 5.46. The van der Waals surface area contributed by atoms with Crippen LogP contribution in [0.5, 0.6) is 5.75 Å². The van der Waals surface area contributed by atoms with Gasteiger partial charge in [0.2, 0.25) is 0 Å². The van der Waals surface area contributed by atoms with E-state index in [1.54, 1.807) is 18.4 Å². The number of ether oxygens (including phenoxy) is 1. The van der Waals surface area contributed by atoms with Crippen molar-refractivity contribution in [3.8, 4) is 5.75 Å². The molecule has 0 amide bonds. The maximum Gasteiger partial charge on any atom is 0.119 e. The van der Waals surface area contributed by atoms with Crippen LogP contribution in [-0.2, 0) is 13.0 Å². The molecule has 0 radical (unpaired) electrons. The lowest BCUT2D eigenvalue weighted by atomic mass is 9.91. The topological polar surface area (TPSA) is 25.4 Å². The highest BCUT2D eigenvalue weighted by Crippen LogP contribution is 2.24. The largest absolute Gasteiger partial charge is 0.497 e. The van der Waals surface area contributed by atoms with Crippen LogP contribution in [0.25, 0.3) is 0 Å². The lowest BCUT2D eigenvalue weighted by Crippen LogP contribution is -2.35. The van der Waals surface area contributed by atoms with Crippen molar-refractivity contribution in [3.05, 3.63) is 46.4 Å². The number of hydrogen-bond acceptors (Lipinski definition) is 4. The van der Waals surface area contributed by atoms with E-state index in [1.807, 2.05) is 12.3 Å². The summed E-state index contributed by atoms with van der Waals surface area (Å²) in [6.45, 7) is 3.45. The van der Waals surface area contributed by atoms with Gasteiger partial charge >= 0.3 is 0 Å². The summed E-state index contributed by atoms with van der Waals surface area (Å²) < 4.78 is 5.31. The minimum absolute atomic E-state index is 0.805. The molecular formula is C18H24N2OS. The van der Waals surface area contributed by atoms with Gasteiger partial charge in [0.15, 0.2) is 0 Å². The zero-order chi connectivity index (χ0) is 15.2. The van der Waals surface area contributed by atoms with Gasteiger partial charge < -0.3 is 4.74 Å². The Hall–Kier alpha value is -1.39.